The van der Waals surface area contributed by atoms with Gasteiger partial charge in [0.05, 0.1) is 12.5 Å². The van der Waals surface area contributed by atoms with Gasteiger partial charge in [0.15, 0.2) is 0 Å². The van der Waals surface area contributed by atoms with E-state index in [1.165, 1.54) is 11.1 Å². The van der Waals surface area contributed by atoms with Gasteiger partial charge in [0, 0.05) is 5.33 Å². The lowest BCUT2D eigenvalue weighted by Crippen LogP contribution is -2.17. The number of carboxylic acids is 1. The van der Waals surface area contributed by atoms with E-state index >= 15 is 0 Å². The zero-order chi connectivity index (χ0) is 13.8. The fourth-order valence-electron chi connectivity index (χ4n) is 2.65. The smallest absolute Gasteiger partial charge is 0.306 e. The second-order valence-corrected chi connectivity index (χ2v) is 5.82. The van der Waals surface area contributed by atoms with Crippen molar-refractivity contribution in [3.05, 3.63) is 29.3 Å². The largest absolute Gasteiger partial charge is 0.494 e. The summed E-state index contributed by atoms with van der Waals surface area (Å²) in [5.41, 5.74) is 2.43. The van der Waals surface area contributed by atoms with Crippen molar-refractivity contribution in [1.82, 2.24) is 0 Å². The van der Waals surface area contributed by atoms with Gasteiger partial charge >= 0.3 is 5.97 Å². The summed E-state index contributed by atoms with van der Waals surface area (Å²) in [6, 6.07) is 6.06. The molecule has 0 saturated carbocycles. The Hall–Kier alpha value is -1.03. The monoisotopic (exact) mass is 326 g/mol. The lowest BCUT2D eigenvalue weighted by molar-refractivity contribution is -0.141. The summed E-state index contributed by atoms with van der Waals surface area (Å²) < 4.78 is 5.67. The highest BCUT2D eigenvalue weighted by Gasteiger charge is 2.31. The minimum absolute atomic E-state index is 0.143. The van der Waals surface area contributed by atoms with Gasteiger partial charge in [-0.15, -0.1) is 0 Å². The van der Waals surface area contributed by atoms with Crippen LogP contribution in [0.1, 0.15) is 36.8 Å². The van der Waals surface area contributed by atoms with Gasteiger partial charge in [0.2, 0.25) is 0 Å². The summed E-state index contributed by atoms with van der Waals surface area (Å²) in [7, 11) is 0. The molecule has 0 unspecified atom stereocenters. The Morgan fingerprint density at radius 3 is 3.05 bits per heavy atom. The number of benzene rings is 1. The molecule has 0 aliphatic heterocycles. The van der Waals surface area contributed by atoms with Gasteiger partial charge in [-0.05, 0) is 48.4 Å². The Kier molecular flexibility index (Phi) is 4.86. The molecular weight excluding hydrogens is 308 g/mol. The molecule has 3 nitrogen and oxygen atoms in total. The lowest BCUT2D eigenvalue weighted by Gasteiger charge is -2.16. The van der Waals surface area contributed by atoms with Crippen LogP contribution in [0.15, 0.2) is 18.2 Å². The van der Waals surface area contributed by atoms with Gasteiger partial charge in [0.1, 0.15) is 5.75 Å². The average Bonchev–Trinajstić information content (AvgIpc) is 2.81. The summed E-state index contributed by atoms with van der Waals surface area (Å²) in [6.07, 6.45) is 2.86. The Morgan fingerprint density at radius 1 is 1.58 bits per heavy atom. The van der Waals surface area contributed by atoms with Gasteiger partial charge in [0.25, 0.3) is 0 Å². The van der Waals surface area contributed by atoms with Crippen LogP contribution < -0.4 is 4.74 Å². The van der Waals surface area contributed by atoms with Crippen LogP contribution in [0.4, 0.5) is 0 Å². The van der Waals surface area contributed by atoms with Crippen molar-refractivity contribution in [1.29, 1.82) is 0 Å². The summed E-state index contributed by atoms with van der Waals surface area (Å²) in [4.78, 5) is 11.1. The van der Waals surface area contributed by atoms with E-state index in [9.17, 15) is 4.79 Å². The zero-order valence-electron chi connectivity index (χ0n) is 11.1. The van der Waals surface area contributed by atoms with E-state index in [0.717, 1.165) is 30.3 Å². The van der Waals surface area contributed by atoms with E-state index in [1.807, 2.05) is 12.1 Å². The summed E-state index contributed by atoms with van der Waals surface area (Å²) >= 11 is 3.37. The number of fused-ring (bicyclic) bond motifs is 1. The van der Waals surface area contributed by atoms with Gasteiger partial charge in [-0.3, -0.25) is 4.79 Å². The van der Waals surface area contributed by atoms with Crippen molar-refractivity contribution >= 4 is 21.9 Å². The predicted molar refractivity (Wildman–Crippen MR) is 78.2 cm³/mol. The molecule has 104 valence electrons. The lowest BCUT2D eigenvalue weighted by atomic mass is 9.89. The Labute approximate surface area is 122 Å². The summed E-state index contributed by atoms with van der Waals surface area (Å²) in [5.74, 6) is 0.00401. The predicted octanol–water partition coefficient (Wildman–Crippen LogP) is 3.60. The zero-order valence-corrected chi connectivity index (χ0v) is 12.6. The molecule has 2 rings (SSSR count). The third-order valence-electron chi connectivity index (χ3n) is 3.78. The second kappa shape index (κ2) is 6.42. The fourth-order valence-corrected chi connectivity index (χ4v) is 2.88. The minimum atomic E-state index is -0.713. The number of ether oxygens (including phenoxy) is 1. The highest BCUT2D eigenvalue weighted by atomic mass is 79.9. The Balaban J connectivity index is 2.09. The van der Waals surface area contributed by atoms with E-state index in [0.29, 0.717) is 6.61 Å². The van der Waals surface area contributed by atoms with Crippen LogP contribution in [0, 0.1) is 5.92 Å². The maximum Gasteiger partial charge on any atom is 0.306 e. The second-order valence-electron chi connectivity index (χ2n) is 5.02. The van der Waals surface area contributed by atoms with Crippen LogP contribution in [0.25, 0.3) is 0 Å². The van der Waals surface area contributed by atoms with Crippen LogP contribution in [0.2, 0.25) is 0 Å². The van der Waals surface area contributed by atoms with Crippen molar-refractivity contribution in [2.24, 2.45) is 5.92 Å². The molecule has 0 saturated heterocycles. The van der Waals surface area contributed by atoms with E-state index in [1.54, 1.807) is 6.92 Å². The maximum absolute atomic E-state index is 11.1. The van der Waals surface area contributed by atoms with Crippen molar-refractivity contribution < 1.29 is 14.6 Å². The molecule has 0 heterocycles. The molecule has 2 atom stereocenters. The first kappa shape index (κ1) is 14.4. The number of alkyl halides is 1. The number of carboxylic acid groups (broad SMARTS) is 1. The molecule has 19 heavy (non-hydrogen) atoms. The first-order valence-electron chi connectivity index (χ1n) is 6.68. The number of halogens is 1. The third kappa shape index (κ3) is 3.30. The van der Waals surface area contributed by atoms with E-state index in [4.69, 9.17) is 9.84 Å². The first-order chi connectivity index (χ1) is 9.13. The van der Waals surface area contributed by atoms with Gasteiger partial charge < -0.3 is 9.84 Å². The van der Waals surface area contributed by atoms with Gasteiger partial charge in [-0.1, -0.05) is 28.9 Å². The third-order valence-corrected chi connectivity index (χ3v) is 4.34. The number of hydrogen-bond acceptors (Lipinski definition) is 2. The van der Waals surface area contributed by atoms with Crippen LogP contribution >= 0.6 is 15.9 Å². The van der Waals surface area contributed by atoms with E-state index < -0.39 is 5.97 Å². The van der Waals surface area contributed by atoms with Crippen LogP contribution in [0.5, 0.6) is 5.75 Å². The molecule has 0 spiro atoms. The number of carbonyl (C=O) groups is 1. The Morgan fingerprint density at radius 2 is 2.37 bits per heavy atom. The van der Waals surface area contributed by atoms with Crippen LogP contribution in [-0.2, 0) is 11.2 Å². The standard InChI is InChI=1S/C15H19BrO3/c1-10(15(17)18)13-5-3-11-9-12(4-6-14(11)13)19-8-2-7-16/h4,6,9-10,13H,2-3,5,7-8H2,1H3,(H,17,18)/t10-,13-/m0/s1. The number of aliphatic carboxylic acids is 1. The first-order valence-corrected chi connectivity index (χ1v) is 7.80. The van der Waals surface area contributed by atoms with Crippen LogP contribution in [0.3, 0.4) is 0 Å². The Bertz CT molecular complexity index is 459. The summed E-state index contributed by atoms with van der Waals surface area (Å²) in [5, 5.41) is 10.1. The van der Waals surface area contributed by atoms with E-state index in [2.05, 4.69) is 22.0 Å². The van der Waals surface area contributed by atoms with Crippen molar-refractivity contribution in [2.45, 2.75) is 32.1 Å². The normalized spacial score (nSPS) is 18.9. The molecule has 1 aliphatic rings. The molecule has 1 aromatic carbocycles. The highest BCUT2D eigenvalue weighted by molar-refractivity contribution is 9.09. The molecule has 1 N–H and O–H groups in total. The van der Waals surface area contributed by atoms with Gasteiger partial charge in [-0.25, -0.2) is 0 Å². The van der Waals surface area contributed by atoms with Crippen LogP contribution in [-0.4, -0.2) is 23.0 Å². The average molecular weight is 327 g/mol. The number of rotatable bonds is 6. The van der Waals surface area contributed by atoms with Crippen molar-refractivity contribution in [3.8, 4) is 5.75 Å². The van der Waals surface area contributed by atoms with E-state index in [-0.39, 0.29) is 11.8 Å². The molecule has 4 heteroatoms. The molecule has 0 amide bonds. The topological polar surface area (TPSA) is 46.5 Å². The number of hydrogen-bond donors (Lipinski definition) is 1. The maximum atomic E-state index is 11.1. The molecule has 0 fully saturated rings. The van der Waals surface area contributed by atoms with Crippen molar-refractivity contribution in [3.63, 3.8) is 0 Å². The SMILES string of the molecule is C[C@H](C(=O)O)[C@@H]1CCc2cc(OCCCBr)ccc21. The fraction of sp³-hybridized carbons (Fsp3) is 0.533. The molecule has 0 aromatic heterocycles. The highest BCUT2D eigenvalue weighted by Crippen LogP contribution is 2.39. The quantitative estimate of drug-likeness (QED) is 0.641. The molecular formula is C15H19BrO3. The summed E-state index contributed by atoms with van der Waals surface area (Å²) in [6.45, 7) is 2.50. The molecule has 0 radical (unpaired) electrons. The number of aryl methyl sites for hydroxylation is 1. The molecule has 1 aliphatic carbocycles. The van der Waals surface area contributed by atoms with Gasteiger partial charge in [-0.2, -0.15) is 0 Å². The van der Waals surface area contributed by atoms with Crippen molar-refractivity contribution in [2.75, 3.05) is 11.9 Å². The molecule has 0 bridgehead atoms. The minimum Gasteiger partial charge on any atom is -0.494 e. The molecule has 1 aromatic rings.